The minimum atomic E-state index is -1.93. The number of phenols is 3. The molecule has 5 rings (SSSR count). The van der Waals surface area contributed by atoms with Crippen LogP contribution in [0.15, 0.2) is 45.6 Å². The largest absolute Gasteiger partial charge is 0.508 e. The molecule has 3 aromatic rings. The molecule has 15 heteroatoms. The van der Waals surface area contributed by atoms with Gasteiger partial charge in [0.05, 0.1) is 11.7 Å². The minimum Gasteiger partial charge on any atom is -0.508 e. The highest BCUT2D eigenvalue weighted by atomic mass is 16.7. The number of aliphatic hydroxyl groups is 5. The summed E-state index contributed by atoms with van der Waals surface area (Å²) in [7, 11) is 0. The van der Waals surface area contributed by atoms with Gasteiger partial charge in [-0.2, -0.15) is 0 Å². The van der Waals surface area contributed by atoms with Gasteiger partial charge in [-0.15, -0.1) is 0 Å². The summed E-state index contributed by atoms with van der Waals surface area (Å²) < 4.78 is 28.2. The van der Waals surface area contributed by atoms with Gasteiger partial charge in [0, 0.05) is 24.6 Å². The minimum absolute atomic E-state index is 0.0319. The number of phenolic OH excluding ortho intramolecular Hbond substituents is 3. The average molecular weight is 621 g/mol. The smallest absolute Gasteiger partial charge is 0.302 e. The fourth-order valence-electron chi connectivity index (χ4n) is 5.33. The van der Waals surface area contributed by atoms with Crippen LogP contribution in [0.5, 0.6) is 17.2 Å². The van der Waals surface area contributed by atoms with Gasteiger partial charge < -0.3 is 64.2 Å². The zero-order valence-electron chi connectivity index (χ0n) is 23.4. The van der Waals surface area contributed by atoms with E-state index in [9.17, 15) is 50.4 Å². The van der Waals surface area contributed by atoms with Crippen molar-refractivity contribution in [2.45, 2.75) is 75.1 Å². The number of carbonyl (C=O) groups is 1. The molecule has 238 valence electrons. The maximum Gasteiger partial charge on any atom is 0.302 e. The SMILES string of the molecule is CC(=O)OCC1OC(c2c(O)cc(O)c3c(=O)cc(-c4ccc(O)cc4)oc23)C(O)C(O)C1OC1OC(C)C(O)C(O)C1O. The van der Waals surface area contributed by atoms with Gasteiger partial charge in [0.2, 0.25) is 0 Å². The summed E-state index contributed by atoms with van der Waals surface area (Å²) in [6.07, 6.45) is -16.0. The molecule has 0 amide bonds. The summed E-state index contributed by atoms with van der Waals surface area (Å²) in [6.45, 7) is 1.95. The van der Waals surface area contributed by atoms with Crippen LogP contribution in [0, 0.1) is 0 Å². The molecular formula is C29H32O15. The Morgan fingerprint density at radius 2 is 1.55 bits per heavy atom. The van der Waals surface area contributed by atoms with Crippen molar-refractivity contribution >= 4 is 16.9 Å². The molecule has 10 atom stereocenters. The van der Waals surface area contributed by atoms with Crippen molar-refractivity contribution in [1.82, 2.24) is 0 Å². The lowest BCUT2D eigenvalue weighted by Gasteiger charge is -2.46. The molecule has 2 saturated heterocycles. The molecule has 2 fully saturated rings. The molecule has 15 nitrogen and oxygen atoms in total. The fraction of sp³-hybridized carbons (Fsp3) is 0.448. The monoisotopic (exact) mass is 620 g/mol. The van der Waals surface area contributed by atoms with Crippen molar-refractivity contribution in [1.29, 1.82) is 0 Å². The van der Waals surface area contributed by atoms with Crippen LogP contribution in [0.1, 0.15) is 25.5 Å². The second-order valence-corrected chi connectivity index (χ2v) is 10.7. The number of esters is 1. The van der Waals surface area contributed by atoms with E-state index < -0.39 is 96.3 Å². The zero-order chi connectivity index (χ0) is 32.0. The first kappa shape index (κ1) is 31.6. The molecular weight excluding hydrogens is 588 g/mol. The quantitative estimate of drug-likeness (QED) is 0.162. The van der Waals surface area contributed by atoms with Gasteiger partial charge in [0.25, 0.3) is 0 Å². The van der Waals surface area contributed by atoms with Gasteiger partial charge >= 0.3 is 5.97 Å². The van der Waals surface area contributed by atoms with Crippen LogP contribution in [0.25, 0.3) is 22.3 Å². The van der Waals surface area contributed by atoms with Crippen molar-refractivity contribution in [2.24, 2.45) is 0 Å². The molecule has 8 N–H and O–H groups in total. The maximum absolute atomic E-state index is 13.1. The Hall–Kier alpha value is -3.80. The molecule has 0 bridgehead atoms. The number of benzene rings is 2. The van der Waals surface area contributed by atoms with Crippen LogP contribution >= 0.6 is 0 Å². The predicted octanol–water partition coefficient (Wildman–Crippen LogP) is -0.486. The van der Waals surface area contributed by atoms with Gasteiger partial charge in [-0.25, -0.2) is 0 Å². The van der Waals surface area contributed by atoms with Gasteiger partial charge in [-0.3, -0.25) is 9.59 Å². The van der Waals surface area contributed by atoms with Crippen LogP contribution in [-0.2, 0) is 23.7 Å². The number of aliphatic hydroxyl groups excluding tert-OH is 5. The van der Waals surface area contributed by atoms with Crippen LogP contribution < -0.4 is 5.43 Å². The summed E-state index contributed by atoms with van der Waals surface area (Å²) in [6, 6.07) is 7.51. The lowest BCUT2D eigenvalue weighted by molar-refractivity contribution is -0.338. The maximum atomic E-state index is 13.1. The van der Waals surface area contributed by atoms with E-state index in [2.05, 4.69) is 0 Å². The number of ether oxygens (including phenoxy) is 4. The standard InChI is InChI=1S/C29H32O15/c1-10-21(35)22(36)25(39)29(41-10)44-26-18(9-40-11(2)30)43-28(24(38)23(26)37)20-15(33)7-14(32)19-16(34)8-17(42-27(19)20)12-3-5-13(31)6-4-12/h3-8,10,18,21-26,28-29,31-33,35-39H,9H2,1-2H3. The number of hydrogen-bond acceptors (Lipinski definition) is 15. The van der Waals surface area contributed by atoms with Gasteiger partial charge in [-0.05, 0) is 31.2 Å². The molecule has 3 heterocycles. The number of aromatic hydroxyl groups is 3. The molecule has 1 aromatic heterocycles. The second kappa shape index (κ2) is 12.3. The third kappa shape index (κ3) is 5.83. The first-order valence-corrected chi connectivity index (χ1v) is 13.6. The number of carbonyl (C=O) groups excluding carboxylic acids is 1. The van der Waals surface area contributed by atoms with E-state index >= 15 is 0 Å². The number of rotatable bonds is 6. The summed E-state index contributed by atoms with van der Waals surface area (Å²) in [4.78, 5) is 24.8. The lowest BCUT2D eigenvalue weighted by Crippen LogP contribution is -2.62. The van der Waals surface area contributed by atoms with E-state index in [-0.39, 0.29) is 22.5 Å². The molecule has 10 unspecified atom stereocenters. The number of fused-ring (bicyclic) bond motifs is 1. The first-order chi connectivity index (χ1) is 20.8. The van der Waals surface area contributed by atoms with E-state index in [1.165, 1.54) is 31.2 Å². The summed E-state index contributed by atoms with van der Waals surface area (Å²) >= 11 is 0. The van der Waals surface area contributed by atoms with Crippen molar-refractivity contribution < 1.29 is 69.0 Å². The summed E-state index contributed by atoms with van der Waals surface area (Å²) in [5.74, 6) is -2.15. The van der Waals surface area contributed by atoms with E-state index in [0.717, 1.165) is 19.1 Å². The van der Waals surface area contributed by atoms with Crippen molar-refractivity contribution in [3.63, 3.8) is 0 Å². The molecule has 44 heavy (non-hydrogen) atoms. The molecule has 2 aliphatic heterocycles. The van der Waals surface area contributed by atoms with Crippen LogP contribution in [0.4, 0.5) is 0 Å². The molecule has 0 saturated carbocycles. The highest BCUT2D eigenvalue weighted by molar-refractivity contribution is 5.89. The highest BCUT2D eigenvalue weighted by Gasteiger charge is 2.51. The predicted molar refractivity (Wildman–Crippen MR) is 146 cm³/mol. The topological polar surface area (TPSA) is 246 Å². The zero-order valence-corrected chi connectivity index (χ0v) is 23.4. The van der Waals surface area contributed by atoms with Gasteiger partial charge in [0.15, 0.2) is 17.3 Å². The average Bonchev–Trinajstić information content (AvgIpc) is 2.97. The third-order valence-electron chi connectivity index (χ3n) is 7.67. The van der Waals surface area contributed by atoms with Gasteiger partial charge in [-0.1, -0.05) is 0 Å². The van der Waals surface area contributed by atoms with E-state index in [0.29, 0.717) is 5.56 Å². The third-order valence-corrected chi connectivity index (χ3v) is 7.67. The molecule has 2 aliphatic rings. The Morgan fingerprint density at radius 3 is 2.20 bits per heavy atom. The normalized spacial score (nSPS) is 32.4. The van der Waals surface area contributed by atoms with Gasteiger partial charge in [0.1, 0.15) is 83.8 Å². The molecule has 0 radical (unpaired) electrons. The van der Waals surface area contributed by atoms with E-state index in [1.54, 1.807) is 0 Å². The van der Waals surface area contributed by atoms with Crippen molar-refractivity contribution in [3.8, 4) is 28.6 Å². The van der Waals surface area contributed by atoms with Crippen molar-refractivity contribution in [2.75, 3.05) is 6.61 Å². The highest BCUT2D eigenvalue weighted by Crippen LogP contribution is 2.44. The molecule has 0 aliphatic carbocycles. The fourth-order valence-corrected chi connectivity index (χ4v) is 5.33. The Morgan fingerprint density at radius 1 is 0.864 bits per heavy atom. The summed E-state index contributed by atoms with van der Waals surface area (Å²) in [5, 5.41) is 83.9. The Labute approximate surface area is 248 Å². The van der Waals surface area contributed by atoms with Crippen LogP contribution in [0.3, 0.4) is 0 Å². The van der Waals surface area contributed by atoms with E-state index in [1.807, 2.05) is 0 Å². The first-order valence-electron chi connectivity index (χ1n) is 13.6. The molecule has 2 aromatic carbocycles. The Balaban J connectivity index is 1.57. The second-order valence-electron chi connectivity index (χ2n) is 10.7. The van der Waals surface area contributed by atoms with E-state index in [4.69, 9.17) is 23.4 Å². The van der Waals surface area contributed by atoms with Crippen LogP contribution in [-0.4, -0.2) is 109 Å². The Kier molecular flexibility index (Phi) is 8.84. The number of hydrogen-bond donors (Lipinski definition) is 8. The Bertz CT molecular complexity index is 1570. The molecule has 0 spiro atoms. The lowest BCUT2D eigenvalue weighted by atomic mass is 9.89. The summed E-state index contributed by atoms with van der Waals surface area (Å²) in [5.41, 5.74) is -1.12. The van der Waals surface area contributed by atoms with Crippen molar-refractivity contribution in [3.05, 3.63) is 52.2 Å². The van der Waals surface area contributed by atoms with Crippen LogP contribution in [0.2, 0.25) is 0 Å².